The number of aliphatic hydroxyl groups is 1. The Labute approximate surface area is 293 Å². The van der Waals surface area contributed by atoms with Crippen LogP contribution in [0.4, 0.5) is 5.69 Å². The third-order valence-corrected chi connectivity index (χ3v) is 10.3. The van der Waals surface area contributed by atoms with Gasteiger partial charge in [-0.15, -0.1) is 13.2 Å². The van der Waals surface area contributed by atoms with Gasteiger partial charge in [0.1, 0.15) is 17.7 Å². The number of rotatable bonds is 15. The van der Waals surface area contributed by atoms with Crippen LogP contribution in [0.1, 0.15) is 58.1 Å². The molecule has 3 aliphatic rings. The lowest BCUT2D eigenvalue weighted by molar-refractivity contribution is -0.162. The lowest BCUT2D eigenvalue weighted by Gasteiger charge is -2.40. The molecular weight excluding hydrogens is 646 g/mol. The topological polar surface area (TPSA) is 125 Å². The predicted octanol–water partition coefficient (Wildman–Crippen LogP) is 5.01. The van der Waals surface area contributed by atoms with Crippen LogP contribution in [0.2, 0.25) is 5.02 Å². The van der Waals surface area contributed by atoms with Gasteiger partial charge in [-0.05, 0) is 61.9 Å². The second-order valence-corrected chi connectivity index (χ2v) is 13.9. The molecule has 3 fully saturated rings. The summed E-state index contributed by atoms with van der Waals surface area (Å²) in [5, 5.41) is 14.0. The number of anilines is 1. The molecule has 0 saturated carbocycles. The number of carbonyl (C=O) groups excluding carboxylic acids is 4. The maximum Gasteiger partial charge on any atom is 0.313 e. The number of benzene rings is 2. The molecule has 8 atom stereocenters. The van der Waals surface area contributed by atoms with Gasteiger partial charge in [-0.3, -0.25) is 19.2 Å². The molecule has 0 aliphatic carbocycles. The lowest BCUT2D eigenvalue weighted by atomic mass is 9.70. The summed E-state index contributed by atoms with van der Waals surface area (Å²) < 4.78 is 12.9. The highest BCUT2D eigenvalue weighted by molar-refractivity contribution is 6.30. The zero-order valence-electron chi connectivity index (χ0n) is 28.3. The van der Waals surface area contributed by atoms with Crippen molar-refractivity contribution in [1.82, 2.24) is 10.2 Å². The Balaban J connectivity index is 1.51. The Kier molecular flexibility index (Phi) is 11.3. The predicted molar refractivity (Wildman–Crippen MR) is 186 cm³/mol. The number of amides is 3. The van der Waals surface area contributed by atoms with Gasteiger partial charge in [-0.1, -0.05) is 67.9 Å². The smallest absolute Gasteiger partial charge is 0.313 e. The number of allylic oxidation sites excluding steroid dienone is 1. The Morgan fingerprint density at radius 3 is 2.43 bits per heavy atom. The number of likely N-dealkylation sites (tertiary alicyclic amines) is 1. The van der Waals surface area contributed by atoms with Crippen molar-refractivity contribution in [1.29, 1.82) is 0 Å². The second-order valence-electron chi connectivity index (χ2n) is 13.5. The van der Waals surface area contributed by atoms with Crippen LogP contribution in [0, 0.1) is 17.8 Å². The van der Waals surface area contributed by atoms with E-state index in [1.165, 1.54) is 9.80 Å². The Bertz CT molecular complexity index is 1550. The van der Waals surface area contributed by atoms with E-state index in [1.807, 2.05) is 44.2 Å². The van der Waals surface area contributed by atoms with E-state index in [9.17, 15) is 24.3 Å². The minimum absolute atomic E-state index is 0.148. The summed E-state index contributed by atoms with van der Waals surface area (Å²) in [6, 6.07) is 13.5. The van der Waals surface area contributed by atoms with Gasteiger partial charge in [0.25, 0.3) is 5.91 Å². The molecule has 2 aromatic carbocycles. The number of nitrogens with one attached hydrogen (secondary N) is 1. The lowest BCUT2D eigenvalue weighted by Crippen LogP contribution is -2.59. The molecule has 49 heavy (non-hydrogen) atoms. The quantitative estimate of drug-likeness (QED) is 0.199. The van der Waals surface area contributed by atoms with Crippen LogP contribution >= 0.6 is 11.6 Å². The third kappa shape index (κ3) is 6.91. The molecule has 1 spiro atoms. The normalized spacial score (nSPS) is 25.8. The fourth-order valence-corrected chi connectivity index (χ4v) is 7.90. The molecule has 3 amide bonds. The van der Waals surface area contributed by atoms with Crippen molar-refractivity contribution in [3.63, 3.8) is 0 Å². The van der Waals surface area contributed by atoms with Crippen molar-refractivity contribution in [3.05, 3.63) is 90.5 Å². The molecule has 10 nitrogen and oxygen atoms in total. The first kappa shape index (κ1) is 36.3. The van der Waals surface area contributed by atoms with Crippen LogP contribution in [-0.2, 0) is 28.7 Å². The molecule has 3 saturated heterocycles. The first-order chi connectivity index (χ1) is 23.5. The van der Waals surface area contributed by atoms with Gasteiger partial charge in [0.2, 0.25) is 11.8 Å². The highest BCUT2D eigenvalue weighted by atomic mass is 35.5. The highest BCUT2D eigenvalue weighted by Gasteiger charge is 2.76. The molecule has 5 rings (SSSR count). The maximum absolute atomic E-state index is 14.8. The van der Waals surface area contributed by atoms with Crippen LogP contribution in [0.3, 0.4) is 0 Å². The number of esters is 1. The maximum atomic E-state index is 14.8. The number of ether oxygens (including phenoxy) is 2. The van der Waals surface area contributed by atoms with Crippen LogP contribution < -0.4 is 10.2 Å². The highest BCUT2D eigenvalue weighted by Crippen LogP contribution is 2.59. The minimum Gasteiger partial charge on any atom is -0.455 e. The molecule has 2 aromatic rings. The summed E-state index contributed by atoms with van der Waals surface area (Å²) in [6.45, 7) is 12.8. The summed E-state index contributed by atoms with van der Waals surface area (Å²) >= 11 is 6.15. The van der Waals surface area contributed by atoms with Crippen molar-refractivity contribution in [2.75, 3.05) is 18.1 Å². The van der Waals surface area contributed by atoms with E-state index in [4.69, 9.17) is 21.1 Å². The summed E-state index contributed by atoms with van der Waals surface area (Å²) in [7, 11) is 0. The van der Waals surface area contributed by atoms with Gasteiger partial charge in [0.15, 0.2) is 0 Å². The minimum atomic E-state index is -1.32. The largest absolute Gasteiger partial charge is 0.455 e. The number of nitrogens with zero attached hydrogens (tertiary/aromatic N) is 2. The Morgan fingerprint density at radius 1 is 1.12 bits per heavy atom. The molecule has 0 unspecified atom stereocenters. The molecule has 2 N–H and O–H groups in total. The van der Waals surface area contributed by atoms with Crippen molar-refractivity contribution in [2.24, 2.45) is 17.8 Å². The number of hydrogen-bond acceptors (Lipinski definition) is 7. The zero-order chi connectivity index (χ0) is 35.5. The van der Waals surface area contributed by atoms with Gasteiger partial charge < -0.3 is 29.7 Å². The fourth-order valence-electron chi connectivity index (χ4n) is 7.78. The molecule has 0 aromatic heterocycles. The summed E-state index contributed by atoms with van der Waals surface area (Å²) in [5.74, 6) is -3.88. The van der Waals surface area contributed by atoms with E-state index < -0.39 is 65.6 Å². The van der Waals surface area contributed by atoms with Crippen LogP contribution in [0.5, 0.6) is 0 Å². The van der Waals surface area contributed by atoms with Crippen molar-refractivity contribution >= 4 is 41.0 Å². The van der Waals surface area contributed by atoms with E-state index in [1.54, 1.807) is 43.3 Å². The van der Waals surface area contributed by atoms with E-state index in [0.717, 1.165) is 0 Å². The number of fused-ring (bicyclic) bond motifs is 1. The molecular formula is C38H46ClN3O7. The molecule has 262 valence electrons. The Morgan fingerprint density at radius 2 is 1.82 bits per heavy atom. The summed E-state index contributed by atoms with van der Waals surface area (Å²) in [6.07, 6.45) is 3.33. The molecule has 0 radical (unpaired) electrons. The van der Waals surface area contributed by atoms with E-state index >= 15 is 0 Å². The van der Waals surface area contributed by atoms with Crippen molar-refractivity contribution in [2.45, 2.75) is 82.4 Å². The summed E-state index contributed by atoms with van der Waals surface area (Å²) in [4.78, 5) is 59.4. The molecule has 2 bridgehead atoms. The number of hydrogen-bond donors (Lipinski definition) is 2. The average Bonchev–Trinajstić information content (AvgIpc) is 3.73. The monoisotopic (exact) mass is 691 g/mol. The van der Waals surface area contributed by atoms with Crippen LogP contribution in [0.25, 0.3) is 0 Å². The Hall–Kier alpha value is -3.99. The first-order valence-corrected chi connectivity index (χ1v) is 17.3. The van der Waals surface area contributed by atoms with Gasteiger partial charge in [-0.2, -0.15) is 0 Å². The molecule has 11 heteroatoms. The average molecular weight is 692 g/mol. The SMILES string of the molecule is C=CCCC(=O)N[C@@H](C)[C@H](OC(=O)[C@@H]1[C@H]2C(=O)N([C@@H](CO)C(C)C)[C@H](C(=O)N(CC=C)c3ccc(Cl)cc3)[C@]23CC[C@H]1O3)c1ccccc1. The van der Waals surface area contributed by atoms with Gasteiger partial charge in [0, 0.05) is 23.7 Å². The molecule has 3 heterocycles. The summed E-state index contributed by atoms with van der Waals surface area (Å²) in [5.41, 5.74) is -0.0737. The zero-order valence-corrected chi connectivity index (χ0v) is 29.1. The third-order valence-electron chi connectivity index (χ3n) is 10.1. The standard InChI is InChI=1S/C38H46ClN3O7/c1-6-8-14-30(44)40-24(5)33(25-12-10-9-11-13-25)48-37(47)31-29-19-20-38(49-29)32(31)35(45)42(28(22-43)23(3)4)34(38)36(46)41(21-7-2)27-17-15-26(39)16-18-27/h6-7,9-13,15-18,23-24,28-29,31-34,43H,1-2,8,14,19-22H2,3-5H3,(H,40,44)/t24-,28-,29+,31-,32-,33-,34+,38-/m0/s1. The number of aliphatic hydroxyl groups excluding tert-OH is 1. The first-order valence-electron chi connectivity index (χ1n) is 16.9. The molecule has 3 aliphatic heterocycles. The van der Waals surface area contributed by atoms with Crippen LogP contribution in [0.15, 0.2) is 79.9 Å². The van der Waals surface area contributed by atoms with Crippen molar-refractivity contribution < 1.29 is 33.8 Å². The van der Waals surface area contributed by atoms with Crippen LogP contribution in [-0.4, -0.2) is 76.7 Å². The van der Waals surface area contributed by atoms with E-state index in [0.29, 0.717) is 35.5 Å². The number of halogens is 1. The van der Waals surface area contributed by atoms with Gasteiger partial charge >= 0.3 is 5.97 Å². The fraction of sp³-hybridized carbons (Fsp3) is 0.474. The van der Waals surface area contributed by atoms with E-state index in [2.05, 4.69) is 18.5 Å². The van der Waals surface area contributed by atoms with E-state index in [-0.39, 0.29) is 31.4 Å². The second kappa shape index (κ2) is 15.3. The van der Waals surface area contributed by atoms with Gasteiger partial charge in [-0.25, -0.2) is 0 Å². The van der Waals surface area contributed by atoms with Crippen molar-refractivity contribution in [3.8, 4) is 0 Å². The van der Waals surface area contributed by atoms with Gasteiger partial charge in [0.05, 0.1) is 36.6 Å². The number of carbonyl (C=O) groups is 4.